The molecule has 3 rings (SSSR count). The van der Waals surface area contributed by atoms with Gasteiger partial charge in [-0.25, -0.2) is 0 Å². The lowest BCUT2D eigenvalue weighted by Gasteiger charge is -2.22. The quantitative estimate of drug-likeness (QED) is 0.939. The Kier molecular flexibility index (Phi) is 4.08. The fraction of sp³-hybridized carbons (Fsp3) is 0.471. The van der Waals surface area contributed by atoms with E-state index in [9.17, 15) is 4.79 Å². The molecule has 1 fully saturated rings. The van der Waals surface area contributed by atoms with Gasteiger partial charge in [-0.1, -0.05) is 12.1 Å². The molecule has 0 bridgehead atoms. The highest BCUT2D eigenvalue weighted by Crippen LogP contribution is 2.19. The predicted molar refractivity (Wildman–Crippen MR) is 84.6 cm³/mol. The van der Waals surface area contributed by atoms with Crippen molar-refractivity contribution in [1.29, 1.82) is 0 Å². The number of methoxy groups -OCH3 is 1. The van der Waals surface area contributed by atoms with E-state index in [0.717, 1.165) is 48.0 Å². The monoisotopic (exact) mass is 286 g/mol. The zero-order chi connectivity index (χ0) is 14.8. The molecule has 1 aliphatic heterocycles. The number of aryl methyl sites for hydroxylation is 1. The van der Waals surface area contributed by atoms with Crippen LogP contribution in [0.2, 0.25) is 0 Å². The standard InChI is InChI=1S/C17H22N2O2/c1-12-5-3-6-14-15(12)11-13(18-17(14)20)8-10-19-9-4-7-16(19)21-2/h3,5-6,11,16H,4,7-10H2,1-2H3,(H,18,20). The summed E-state index contributed by atoms with van der Waals surface area (Å²) in [6.07, 6.45) is 3.37. The van der Waals surface area contributed by atoms with Gasteiger partial charge in [-0.05, 0) is 42.8 Å². The number of nitrogens with zero attached hydrogens (tertiary/aromatic N) is 1. The Morgan fingerprint density at radius 2 is 2.24 bits per heavy atom. The average molecular weight is 286 g/mol. The van der Waals surface area contributed by atoms with Crippen LogP contribution < -0.4 is 5.56 Å². The van der Waals surface area contributed by atoms with Crippen LogP contribution in [-0.4, -0.2) is 36.3 Å². The van der Waals surface area contributed by atoms with Crippen LogP contribution >= 0.6 is 0 Å². The Balaban J connectivity index is 1.81. The van der Waals surface area contributed by atoms with Crippen LogP contribution in [0.25, 0.3) is 10.8 Å². The fourth-order valence-corrected chi connectivity index (χ4v) is 3.21. The fourth-order valence-electron chi connectivity index (χ4n) is 3.21. The summed E-state index contributed by atoms with van der Waals surface area (Å²) < 4.78 is 5.48. The van der Waals surface area contributed by atoms with Crippen LogP contribution in [0.15, 0.2) is 29.1 Å². The summed E-state index contributed by atoms with van der Waals surface area (Å²) in [4.78, 5) is 17.5. The van der Waals surface area contributed by atoms with E-state index in [-0.39, 0.29) is 11.8 Å². The number of fused-ring (bicyclic) bond motifs is 1. The summed E-state index contributed by atoms with van der Waals surface area (Å²) in [7, 11) is 1.77. The normalized spacial score (nSPS) is 19.4. The number of rotatable bonds is 4. The lowest BCUT2D eigenvalue weighted by Crippen LogP contribution is -2.32. The van der Waals surface area contributed by atoms with Crippen molar-refractivity contribution in [2.75, 3.05) is 20.2 Å². The third-order valence-corrected chi connectivity index (χ3v) is 4.41. The van der Waals surface area contributed by atoms with Crippen molar-refractivity contribution < 1.29 is 4.74 Å². The van der Waals surface area contributed by atoms with Crippen molar-refractivity contribution in [3.63, 3.8) is 0 Å². The van der Waals surface area contributed by atoms with Gasteiger partial charge in [0.2, 0.25) is 0 Å². The molecular weight excluding hydrogens is 264 g/mol. The largest absolute Gasteiger partial charge is 0.366 e. The molecule has 0 radical (unpaired) electrons. The van der Waals surface area contributed by atoms with Crippen LogP contribution in [-0.2, 0) is 11.2 Å². The van der Waals surface area contributed by atoms with Gasteiger partial charge in [0.25, 0.3) is 5.56 Å². The molecule has 0 aliphatic carbocycles. The zero-order valence-corrected chi connectivity index (χ0v) is 12.7. The molecule has 1 N–H and O–H groups in total. The molecule has 1 aromatic carbocycles. The highest BCUT2D eigenvalue weighted by atomic mass is 16.5. The maximum Gasteiger partial charge on any atom is 0.256 e. The van der Waals surface area contributed by atoms with E-state index in [1.165, 1.54) is 6.42 Å². The molecule has 2 aromatic rings. The van der Waals surface area contributed by atoms with Gasteiger partial charge in [-0.3, -0.25) is 9.69 Å². The smallest absolute Gasteiger partial charge is 0.256 e. The Labute approximate surface area is 124 Å². The third-order valence-electron chi connectivity index (χ3n) is 4.41. The second-order valence-corrected chi connectivity index (χ2v) is 5.78. The number of hydrogen-bond acceptors (Lipinski definition) is 3. The number of H-pyrrole nitrogens is 1. The van der Waals surface area contributed by atoms with E-state index in [4.69, 9.17) is 4.74 Å². The topological polar surface area (TPSA) is 45.3 Å². The summed E-state index contributed by atoms with van der Waals surface area (Å²) in [6, 6.07) is 7.98. The van der Waals surface area contributed by atoms with Gasteiger partial charge in [-0.15, -0.1) is 0 Å². The van der Waals surface area contributed by atoms with Crippen molar-refractivity contribution in [2.45, 2.75) is 32.4 Å². The third kappa shape index (κ3) is 2.87. The Hall–Kier alpha value is -1.65. The molecule has 2 heterocycles. The van der Waals surface area contributed by atoms with E-state index < -0.39 is 0 Å². The van der Waals surface area contributed by atoms with E-state index in [1.807, 2.05) is 25.1 Å². The van der Waals surface area contributed by atoms with E-state index in [1.54, 1.807) is 7.11 Å². The Bertz CT molecular complexity index is 693. The molecule has 1 aliphatic rings. The minimum atomic E-state index is 0.0101. The number of aromatic nitrogens is 1. The summed E-state index contributed by atoms with van der Waals surface area (Å²) in [6.45, 7) is 4.05. The van der Waals surface area contributed by atoms with Crippen molar-refractivity contribution in [3.05, 3.63) is 45.9 Å². The average Bonchev–Trinajstić information content (AvgIpc) is 2.94. The number of likely N-dealkylation sites (tertiary alicyclic amines) is 1. The van der Waals surface area contributed by atoms with Gasteiger partial charge in [-0.2, -0.15) is 0 Å². The van der Waals surface area contributed by atoms with Crippen molar-refractivity contribution in [2.24, 2.45) is 0 Å². The van der Waals surface area contributed by atoms with Gasteiger partial charge in [0.05, 0.1) is 0 Å². The molecule has 4 nitrogen and oxygen atoms in total. The first-order chi connectivity index (χ1) is 10.2. The molecule has 0 spiro atoms. The molecule has 112 valence electrons. The van der Waals surface area contributed by atoms with Crippen LogP contribution in [0, 0.1) is 6.92 Å². The van der Waals surface area contributed by atoms with E-state index in [0.29, 0.717) is 0 Å². The van der Waals surface area contributed by atoms with Crippen LogP contribution in [0.3, 0.4) is 0 Å². The second kappa shape index (κ2) is 6.00. The van der Waals surface area contributed by atoms with Gasteiger partial charge < -0.3 is 9.72 Å². The minimum absolute atomic E-state index is 0.0101. The SMILES string of the molecule is COC1CCCN1CCc1cc2c(C)cccc2c(=O)[nH]1. The lowest BCUT2D eigenvalue weighted by molar-refractivity contribution is -0.00307. The predicted octanol–water partition coefficient (Wildman–Crippen LogP) is 2.45. The molecule has 1 aromatic heterocycles. The van der Waals surface area contributed by atoms with Gasteiger partial charge in [0.15, 0.2) is 0 Å². The van der Waals surface area contributed by atoms with Gasteiger partial charge >= 0.3 is 0 Å². The molecule has 1 atom stereocenters. The maximum absolute atomic E-state index is 12.2. The van der Waals surface area contributed by atoms with Crippen molar-refractivity contribution in [3.8, 4) is 0 Å². The first-order valence-corrected chi connectivity index (χ1v) is 7.57. The minimum Gasteiger partial charge on any atom is -0.366 e. The lowest BCUT2D eigenvalue weighted by atomic mass is 10.1. The molecule has 1 saturated heterocycles. The summed E-state index contributed by atoms with van der Waals surface area (Å²) >= 11 is 0. The number of nitrogens with one attached hydrogen (secondary N) is 1. The van der Waals surface area contributed by atoms with Gasteiger partial charge in [0, 0.05) is 37.7 Å². The van der Waals surface area contributed by atoms with E-state index in [2.05, 4.69) is 16.0 Å². The van der Waals surface area contributed by atoms with E-state index >= 15 is 0 Å². The Morgan fingerprint density at radius 1 is 1.38 bits per heavy atom. The molecular formula is C17H22N2O2. The molecule has 0 amide bonds. The van der Waals surface area contributed by atoms with Gasteiger partial charge in [0.1, 0.15) is 6.23 Å². The number of aromatic amines is 1. The van der Waals surface area contributed by atoms with Crippen LogP contribution in [0.1, 0.15) is 24.1 Å². The van der Waals surface area contributed by atoms with Crippen molar-refractivity contribution >= 4 is 10.8 Å². The highest BCUT2D eigenvalue weighted by Gasteiger charge is 2.23. The first-order valence-electron chi connectivity index (χ1n) is 7.57. The summed E-state index contributed by atoms with van der Waals surface area (Å²) in [5.74, 6) is 0. The van der Waals surface area contributed by atoms with Crippen molar-refractivity contribution in [1.82, 2.24) is 9.88 Å². The maximum atomic E-state index is 12.2. The first kappa shape index (κ1) is 14.3. The number of benzene rings is 1. The second-order valence-electron chi connectivity index (χ2n) is 5.78. The zero-order valence-electron chi connectivity index (χ0n) is 12.7. The summed E-state index contributed by atoms with van der Waals surface area (Å²) in [5, 5.41) is 1.83. The molecule has 21 heavy (non-hydrogen) atoms. The molecule has 0 saturated carbocycles. The number of pyridine rings is 1. The van der Waals surface area contributed by atoms with Crippen LogP contribution in [0.4, 0.5) is 0 Å². The number of ether oxygens (including phenoxy) is 1. The van der Waals surface area contributed by atoms with Crippen LogP contribution in [0.5, 0.6) is 0 Å². The molecule has 4 heteroatoms. The Morgan fingerprint density at radius 3 is 3.05 bits per heavy atom. The summed E-state index contributed by atoms with van der Waals surface area (Å²) in [5.41, 5.74) is 2.16. The molecule has 1 unspecified atom stereocenters. The number of hydrogen-bond donors (Lipinski definition) is 1. The highest BCUT2D eigenvalue weighted by molar-refractivity contribution is 5.84.